The average molecular weight is 619 g/mol. The van der Waals surface area contributed by atoms with E-state index in [0.29, 0.717) is 12.8 Å². The standard InChI is InChI=1S/C38H54O5Si/c1-9-36(7)24-31(37(8)26(2)20-22-38(27(3)34(36)41)23-21-30(39)33(37)38)43-32(40)25-42-44(35(4,5)6,28-16-12-10-13-17-28)29-18-14-11-15-19-29/h10-19,26-27,31,33-34,41H,9,20-25H2,1-8H3/t26-,27-,31-,33?,34+,36-,37+,38+/m1/s1. The van der Waals surface area contributed by atoms with Crippen molar-refractivity contribution in [2.75, 3.05) is 6.61 Å². The van der Waals surface area contributed by atoms with Crippen molar-refractivity contribution >= 4 is 30.4 Å². The summed E-state index contributed by atoms with van der Waals surface area (Å²) in [4.78, 5) is 27.9. The predicted octanol–water partition coefficient (Wildman–Crippen LogP) is 6.69. The lowest BCUT2D eigenvalue weighted by Gasteiger charge is -2.62. The molecule has 6 heteroatoms. The number of esters is 1. The molecule has 0 radical (unpaired) electrons. The number of rotatable bonds is 7. The lowest BCUT2D eigenvalue weighted by atomic mass is 9.43. The molecule has 2 bridgehead atoms. The normalized spacial score (nSPS) is 35.8. The van der Waals surface area contributed by atoms with E-state index in [9.17, 15) is 14.7 Å². The number of carbonyl (C=O) groups is 2. The van der Waals surface area contributed by atoms with Gasteiger partial charge in [0.25, 0.3) is 8.32 Å². The third-order valence-corrected chi connectivity index (χ3v) is 17.8. The van der Waals surface area contributed by atoms with Crippen molar-refractivity contribution in [3.8, 4) is 0 Å². The van der Waals surface area contributed by atoms with Crippen molar-refractivity contribution in [3.63, 3.8) is 0 Å². The predicted molar refractivity (Wildman–Crippen MR) is 178 cm³/mol. The van der Waals surface area contributed by atoms with E-state index >= 15 is 0 Å². The first kappa shape index (κ1) is 33.1. The molecule has 0 aromatic heterocycles. The van der Waals surface area contributed by atoms with Crippen molar-refractivity contribution in [1.82, 2.24) is 0 Å². The highest BCUT2D eigenvalue weighted by Crippen LogP contribution is 2.68. The van der Waals surface area contributed by atoms with E-state index in [-0.39, 0.29) is 46.6 Å². The number of benzene rings is 2. The lowest BCUT2D eigenvalue weighted by Crippen LogP contribution is -2.67. The number of ketones is 1. The number of aliphatic hydroxyl groups excluding tert-OH is 1. The Morgan fingerprint density at radius 3 is 2.07 bits per heavy atom. The molecule has 44 heavy (non-hydrogen) atoms. The maximum absolute atomic E-state index is 14.1. The van der Waals surface area contributed by atoms with Crippen LogP contribution in [0.25, 0.3) is 0 Å². The van der Waals surface area contributed by atoms with Gasteiger partial charge in [-0.25, -0.2) is 4.79 Å². The SMILES string of the molecule is CC[C@]1(C)C[C@@H](OC(=O)CO[Si](c2ccccc2)(c2ccccc2)C(C)(C)C)[C@@]2(C)C3C(=O)CC[C@@]3(CC[C@H]2C)[C@H](C)[C@@H]1O. The van der Waals surface area contributed by atoms with Gasteiger partial charge in [0, 0.05) is 17.8 Å². The topological polar surface area (TPSA) is 72.8 Å². The first-order valence-electron chi connectivity index (χ1n) is 16.8. The second kappa shape index (κ2) is 11.8. The van der Waals surface area contributed by atoms with Crippen LogP contribution in [0.2, 0.25) is 5.04 Å². The molecule has 3 saturated carbocycles. The lowest BCUT2D eigenvalue weighted by molar-refractivity contribution is -0.213. The van der Waals surface area contributed by atoms with E-state index in [4.69, 9.17) is 9.16 Å². The van der Waals surface area contributed by atoms with E-state index in [1.165, 1.54) is 0 Å². The van der Waals surface area contributed by atoms with E-state index < -0.39 is 31.4 Å². The summed E-state index contributed by atoms with van der Waals surface area (Å²) in [5.74, 6) is -0.116. The Balaban J connectivity index is 1.52. The Morgan fingerprint density at radius 2 is 1.55 bits per heavy atom. The molecular formula is C38H54O5Si. The van der Waals surface area contributed by atoms with Gasteiger partial charge in [0.1, 0.15) is 18.5 Å². The number of Topliss-reactive ketones (excluding diaryl/α,β-unsaturated/α-hetero) is 1. The van der Waals surface area contributed by atoms with E-state index in [1.54, 1.807) is 0 Å². The Kier molecular flexibility index (Phi) is 8.89. The summed E-state index contributed by atoms with van der Waals surface area (Å²) in [6.45, 7) is 17.3. The summed E-state index contributed by atoms with van der Waals surface area (Å²) in [6.07, 6.45) is 3.49. The van der Waals surface area contributed by atoms with Gasteiger partial charge in [0.2, 0.25) is 0 Å². The molecule has 3 fully saturated rings. The summed E-state index contributed by atoms with van der Waals surface area (Å²) in [5, 5.41) is 13.9. The van der Waals surface area contributed by atoms with Gasteiger partial charge in [0.15, 0.2) is 0 Å². The van der Waals surface area contributed by atoms with Crippen molar-refractivity contribution in [2.45, 2.75) is 111 Å². The highest BCUT2D eigenvalue weighted by Gasteiger charge is 2.68. The van der Waals surface area contributed by atoms with Crippen LogP contribution < -0.4 is 10.4 Å². The monoisotopic (exact) mass is 618 g/mol. The zero-order valence-corrected chi connectivity index (χ0v) is 29.2. The molecule has 5 nitrogen and oxygen atoms in total. The Hall–Kier alpha value is -2.28. The second-order valence-electron chi connectivity index (χ2n) is 15.8. The third-order valence-electron chi connectivity index (χ3n) is 12.8. The zero-order chi connectivity index (χ0) is 32.1. The van der Waals surface area contributed by atoms with Crippen molar-refractivity contribution in [2.24, 2.45) is 34.0 Å². The molecule has 2 aromatic rings. The van der Waals surface area contributed by atoms with E-state index in [2.05, 4.69) is 79.7 Å². The molecule has 3 aliphatic carbocycles. The fraction of sp³-hybridized carbons (Fsp3) is 0.632. The van der Waals surface area contributed by atoms with Gasteiger partial charge in [-0.3, -0.25) is 4.79 Å². The Morgan fingerprint density at radius 1 is 0.977 bits per heavy atom. The van der Waals surface area contributed by atoms with Crippen LogP contribution in [0.3, 0.4) is 0 Å². The molecule has 0 aliphatic heterocycles. The van der Waals surface area contributed by atoms with Crippen LogP contribution in [-0.4, -0.2) is 44.0 Å². The van der Waals surface area contributed by atoms with Crippen LogP contribution in [0, 0.1) is 34.0 Å². The first-order chi connectivity index (χ1) is 20.7. The number of hydrogen-bond donors (Lipinski definition) is 1. The molecule has 0 amide bonds. The van der Waals surface area contributed by atoms with Crippen molar-refractivity contribution in [1.29, 1.82) is 0 Å². The van der Waals surface area contributed by atoms with Crippen LogP contribution in [0.5, 0.6) is 0 Å². The number of hydrogen-bond acceptors (Lipinski definition) is 5. The van der Waals surface area contributed by atoms with Gasteiger partial charge < -0.3 is 14.3 Å². The van der Waals surface area contributed by atoms with Crippen LogP contribution in [0.1, 0.15) is 93.9 Å². The molecule has 0 heterocycles. The summed E-state index contributed by atoms with van der Waals surface area (Å²) >= 11 is 0. The van der Waals surface area contributed by atoms with Crippen molar-refractivity contribution < 1.29 is 23.9 Å². The van der Waals surface area contributed by atoms with Gasteiger partial charge in [-0.15, -0.1) is 0 Å². The quantitative estimate of drug-likeness (QED) is 0.276. The second-order valence-corrected chi connectivity index (χ2v) is 20.1. The van der Waals surface area contributed by atoms with Gasteiger partial charge in [-0.05, 0) is 70.2 Å². The van der Waals surface area contributed by atoms with Gasteiger partial charge in [-0.2, -0.15) is 0 Å². The van der Waals surface area contributed by atoms with Crippen LogP contribution in [-0.2, 0) is 18.8 Å². The highest BCUT2D eigenvalue weighted by atomic mass is 28.4. The molecule has 5 rings (SSSR count). The molecule has 0 spiro atoms. The van der Waals surface area contributed by atoms with Gasteiger partial charge in [-0.1, -0.05) is 116 Å². The number of ether oxygens (including phenoxy) is 1. The molecule has 240 valence electrons. The smallest absolute Gasteiger partial charge is 0.331 e. The summed E-state index contributed by atoms with van der Waals surface area (Å²) in [6, 6.07) is 20.7. The summed E-state index contributed by atoms with van der Waals surface area (Å²) in [5.41, 5.74) is -1.21. The van der Waals surface area contributed by atoms with Gasteiger partial charge in [0.05, 0.1) is 6.10 Å². The molecule has 1 N–H and O–H groups in total. The fourth-order valence-electron chi connectivity index (χ4n) is 9.83. The van der Waals surface area contributed by atoms with Gasteiger partial charge >= 0.3 is 5.97 Å². The molecular weight excluding hydrogens is 564 g/mol. The largest absolute Gasteiger partial charge is 0.460 e. The summed E-state index contributed by atoms with van der Waals surface area (Å²) in [7, 11) is -2.94. The molecule has 1 unspecified atom stereocenters. The highest BCUT2D eigenvalue weighted by molar-refractivity contribution is 6.99. The minimum atomic E-state index is -2.94. The molecule has 8 atom stereocenters. The van der Waals surface area contributed by atoms with Crippen LogP contribution in [0.4, 0.5) is 0 Å². The van der Waals surface area contributed by atoms with Crippen LogP contribution >= 0.6 is 0 Å². The molecule has 0 saturated heterocycles. The number of carbonyl (C=O) groups excluding carboxylic acids is 2. The first-order valence-corrected chi connectivity index (χ1v) is 18.7. The maximum Gasteiger partial charge on any atom is 0.331 e. The average Bonchev–Trinajstić information content (AvgIpc) is 3.36. The van der Waals surface area contributed by atoms with E-state index in [1.807, 2.05) is 36.4 Å². The maximum atomic E-state index is 14.1. The minimum absolute atomic E-state index is 0.00542. The van der Waals surface area contributed by atoms with Crippen molar-refractivity contribution in [3.05, 3.63) is 60.7 Å². The summed E-state index contributed by atoms with van der Waals surface area (Å²) < 4.78 is 13.6. The number of aliphatic hydroxyl groups is 1. The minimum Gasteiger partial charge on any atom is -0.460 e. The Bertz CT molecular complexity index is 1300. The zero-order valence-electron chi connectivity index (χ0n) is 28.2. The molecule has 3 aliphatic rings. The van der Waals surface area contributed by atoms with E-state index in [0.717, 1.165) is 36.1 Å². The van der Waals surface area contributed by atoms with Crippen LogP contribution in [0.15, 0.2) is 60.7 Å². The fourth-order valence-corrected chi connectivity index (χ4v) is 14.3. The molecule has 2 aromatic carbocycles. The third kappa shape index (κ3) is 5.04. The Labute approximate surface area is 266 Å².